The third kappa shape index (κ3) is 8.24. The molecular weight excluding hydrogens is 464 g/mol. The van der Waals surface area contributed by atoms with Gasteiger partial charge in [-0.25, -0.2) is 4.79 Å². The summed E-state index contributed by atoms with van der Waals surface area (Å²) in [6, 6.07) is 18.2. The van der Waals surface area contributed by atoms with E-state index in [1.165, 1.54) is 12.0 Å². The molecule has 2 aromatic carbocycles. The lowest BCUT2D eigenvalue weighted by atomic mass is 9.98. The van der Waals surface area contributed by atoms with Crippen molar-refractivity contribution in [3.63, 3.8) is 0 Å². The summed E-state index contributed by atoms with van der Waals surface area (Å²) >= 11 is 0. The van der Waals surface area contributed by atoms with Crippen molar-refractivity contribution in [1.29, 1.82) is 0 Å². The van der Waals surface area contributed by atoms with Crippen LogP contribution in [0.5, 0.6) is 5.75 Å². The van der Waals surface area contributed by atoms with E-state index in [1.807, 2.05) is 36.4 Å². The maximum absolute atomic E-state index is 12.5. The van der Waals surface area contributed by atoms with Gasteiger partial charge in [0.15, 0.2) is 0 Å². The number of unbranched alkanes of at least 4 members (excludes halogenated alkanes) is 2. The SMILES string of the molecule is O=C(CCc1ccc(OCCCCCc2ccccc2)cc1)NC1C=C(C(=O)O)C(N2CCCC2)=CC1. The summed E-state index contributed by atoms with van der Waals surface area (Å²) < 4.78 is 5.87. The van der Waals surface area contributed by atoms with Crippen LogP contribution >= 0.6 is 0 Å². The Balaban J connectivity index is 1.14. The number of rotatable bonds is 13. The van der Waals surface area contributed by atoms with Gasteiger partial charge in [-0.15, -0.1) is 0 Å². The minimum Gasteiger partial charge on any atom is -0.494 e. The van der Waals surface area contributed by atoms with E-state index in [1.54, 1.807) is 6.08 Å². The van der Waals surface area contributed by atoms with Crippen LogP contribution in [-0.2, 0) is 22.4 Å². The van der Waals surface area contributed by atoms with Crippen LogP contribution in [0.25, 0.3) is 0 Å². The highest BCUT2D eigenvalue weighted by Crippen LogP contribution is 2.26. The Hall–Kier alpha value is -3.54. The summed E-state index contributed by atoms with van der Waals surface area (Å²) in [5.41, 5.74) is 3.55. The molecule has 1 unspecified atom stereocenters. The highest BCUT2D eigenvalue weighted by Gasteiger charge is 2.26. The van der Waals surface area contributed by atoms with E-state index in [0.29, 0.717) is 31.4 Å². The third-order valence-electron chi connectivity index (χ3n) is 7.02. The Kier molecular flexibility index (Phi) is 9.81. The number of carbonyl (C=O) groups is 2. The average Bonchev–Trinajstić information content (AvgIpc) is 3.45. The van der Waals surface area contributed by atoms with Crippen LogP contribution < -0.4 is 10.1 Å². The van der Waals surface area contributed by atoms with Gasteiger partial charge in [-0.2, -0.15) is 0 Å². The largest absolute Gasteiger partial charge is 0.494 e. The number of hydrogen-bond acceptors (Lipinski definition) is 4. The van der Waals surface area contributed by atoms with E-state index in [-0.39, 0.29) is 11.9 Å². The first-order valence-corrected chi connectivity index (χ1v) is 13.5. The quantitative estimate of drug-likeness (QED) is 0.364. The van der Waals surface area contributed by atoms with Crippen LogP contribution in [0.3, 0.4) is 0 Å². The maximum Gasteiger partial charge on any atom is 0.337 e. The monoisotopic (exact) mass is 502 g/mol. The van der Waals surface area contributed by atoms with E-state index in [0.717, 1.165) is 62.2 Å². The Bertz CT molecular complexity index is 1090. The van der Waals surface area contributed by atoms with Crippen molar-refractivity contribution in [3.8, 4) is 5.75 Å². The molecule has 0 saturated carbocycles. The fourth-order valence-electron chi connectivity index (χ4n) is 4.97. The number of aliphatic carboxylic acids is 1. The second-order valence-corrected chi connectivity index (χ2v) is 9.87. The van der Waals surface area contributed by atoms with Crippen LogP contribution in [0.15, 0.2) is 78.0 Å². The number of carboxylic acid groups (broad SMARTS) is 1. The predicted octanol–water partition coefficient (Wildman–Crippen LogP) is 5.29. The van der Waals surface area contributed by atoms with Crippen molar-refractivity contribution in [2.24, 2.45) is 0 Å². The smallest absolute Gasteiger partial charge is 0.337 e. The number of carbonyl (C=O) groups excluding carboxylic acids is 1. The van der Waals surface area contributed by atoms with Gasteiger partial charge in [-0.05, 0) is 80.7 Å². The van der Waals surface area contributed by atoms with Gasteiger partial charge in [0.2, 0.25) is 5.91 Å². The zero-order valence-corrected chi connectivity index (χ0v) is 21.5. The first-order chi connectivity index (χ1) is 18.1. The Morgan fingerprint density at radius 3 is 2.38 bits per heavy atom. The third-order valence-corrected chi connectivity index (χ3v) is 7.02. The van der Waals surface area contributed by atoms with E-state index >= 15 is 0 Å². The standard InChI is InChI=1S/C31H38N2O4/c34-30(32-26-15-18-29(28(23-26)31(35)36)33-20-6-7-21-33)19-14-25-12-16-27(17-13-25)37-22-8-2-5-11-24-9-3-1-4-10-24/h1,3-4,9-10,12-13,16-18,23,26H,2,5-8,11,14-15,19-22H2,(H,32,34)(H,35,36). The summed E-state index contributed by atoms with van der Waals surface area (Å²) in [5.74, 6) is -0.156. The molecule has 0 radical (unpaired) electrons. The summed E-state index contributed by atoms with van der Waals surface area (Å²) in [4.78, 5) is 26.5. The molecule has 1 aliphatic heterocycles. The van der Waals surface area contributed by atoms with Crippen LogP contribution in [-0.4, -0.2) is 47.6 Å². The molecule has 1 saturated heterocycles. The van der Waals surface area contributed by atoms with Gasteiger partial charge in [-0.1, -0.05) is 48.5 Å². The summed E-state index contributed by atoms with van der Waals surface area (Å²) in [7, 11) is 0. The fraction of sp³-hybridized carbons (Fsp3) is 0.419. The molecule has 0 bridgehead atoms. The van der Waals surface area contributed by atoms with Gasteiger partial charge in [0.05, 0.1) is 18.2 Å². The molecule has 2 aromatic rings. The maximum atomic E-state index is 12.5. The Morgan fingerprint density at radius 1 is 0.919 bits per heavy atom. The number of aryl methyl sites for hydroxylation is 2. The molecule has 6 nitrogen and oxygen atoms in total. The second-order valence-electron chi connectivity index (χ2n) is 9.87. The highest BCUT2D eigenvalue weighted by molar-refractivity contribution is 5.92. The number of benzene rings is 2. The molecule has 196 valence electrons. The molecule has 1 heterocycles. The molecule has 0 spiro atoms. The lowest BCUT2D eigenvalue weighted by molar-refractivity contribution is -0.132. The topological polar surface area (TPSA) is 78.9 Å². The van der Waals surface area contributed by atoms with E-state index < -0.39 is 5.97 Å². The van der Waals surface area contributed by atoms with Crippen molar-refractivity contribution in [1.82, 2.24) is 10.2 Å². The molecule has 1 aliphatic carbocycles. The molecule has 6 heteroatoms. The molecule has 2 aliphatic rings. The van der Waals surface area contributed by atoms with Gasteiger partial charge in [0.25, 0.3) is 0 Å². The molecule has 1 atom stereocenters. The Morgan fingerprint density at radius 2 is 1.65 bits per heavy atom. The molecule has 0 aromatic heterocycles. The Labute approximate surface area is 220 Å². The summed E-state index contributed by atoms with van der Waals surface area (Å²) in [6.07, 6.45) is 11.9. The summed E-state index contributed by atoms with van der Waals surface area (Å²) in [5, 5.41) is 12.7. The van der Waals surface area contributed by atoms with Gasteiger partial charge >= 0.3 is 5.97 Å². The van der Waals surface area contributed by atoms with Gasteiger partial charge < -0.3 is 20.1 Å². The predicted molar refractivity (Wildman–Crippen MR) is 145 cm³/mol. The van der Waals surface area contributed by atoms with E-state index in [9.17, 15) is 14.7 Å². The van der Waals surface area contributed by atoms with E-state index in [2.05, 4.69) is 34.5 Å². The number of likely N-dealkylation sites (tertiary alicyclic amines) is 1. The molecule has 37 heavy (non-hydrogen) atoms. The first-order valence-electron chi connectivity index (χ1n) is 13.5. The number of amides is 1. The number of nitrogens with one attached hydrogen (secondary N) is 1. The molecule has 1 amide bonds. The first kappa shape index (κ1) is 26.5. The zero-order chi connectivity index (χ0) is 25.9. The lowest BCUT2D eigenvalue weighted by Crippen LogP contribution is -2.36. The van der Waals surface area contributed by atoms with Crippen molar-refractivity contribution in [2.75, 3.05) is 19.7 Å². The van der Waals surface area contributed by atoms with Gasteiger partial charge in [0.1, 0.15) is 5.75 Å². The van der Waals surface area contributed by atoms with Crippen molar-refractivity contribution in [3.05, 3.63) is 89.1 Å². The minimum absolute atomic E-state index is 0.0696. The number of hydrogen-bond donors (Lipinski definition) is 2. The fourth-order valence-corrected chi connectivity index (χ4v) is 4.97. The van der Waals surface area contributed by atoms with Crippen molar-refractivity contribution >= 4 is 11.9 Å². The molecule has 1 fully saturated rings. The second kappa shape index (κ2) is 13.7. The van der Waals surface area contributed by atoms with Gasteiger partial charge in [0, 0.05) is 25.2 Å². The van der Waals surface area contributed by atoms with Crippen molar-refractivity contribution < 1.29 is 19.4 Å². The highest BCUT2D eigenvalue weighted by atomic mass is 16.5. The lowest BCUT2D eigenvalue weighted by Gasteiger charge is -2.27. The minimum atomic E-state index is -0.938. The van der Waals surface area contributed by atoms with Crippen LogP contribution in [0, 0.1) is 0 Å². The molecular formula is C31H38N2O4. The van der Waals surface area contributed by atoms with Crippen LogP contribution in [0.1, 0.15) is 56.1 Å². The molecule has 2 N–H and O–H groups in total. The van der Waals surface area contributed by atoms with Crippen LogP contribution in [0.2, 0.25) is 0 Å². The van der Waals surface area contributed by atoms with Gasteiger partial charge in [-0.3, -0.25) is 4.79 Å². The zero-order valence-electron chi connectivity index (χ0n) is 21.5. The number of nitrogens with zero attached hydrogens (tertiary/aromatic N) is 1. The average molecular weight is 503 g/mol. The number of carboxylic acids is 1. The van der Waals surface area contributed by atoms with Crippen LogP contribution in [0.4, 0.5) is 0 Å². The molecule has 4 rings (SSSR count). The van der Waals surface area contributed by atoms with E-state index in [4.69, 9.17) is 4.74 Å². The number of ether oxygens (including phenoxy) is 1. The normalized spacial score (nSPS) is 17.2. The summed E-state index contributed by atoms with van der Waals surface area (Å²) in [6.45, 7) is 2.50. The van der Waals surface area contributed by atoms with Crippen molar-refractivity contribution in [2.45, 2.75) is 63.8 Å².